The molecule has 4 amide bonds. The molecule has 8 heterocycles. The SMILES string of the molecule is NC(=O)c1nc2n(c1C1CC1)C1CC(C1)c1cc(F)c(C#C[C@@]3(O)CCNC3=O)cc1-2.NC(=O)c1nc2n(c1C1CC1)C1CC(C1)c1cc(F)c(C#C[C@]3(O)CCNC3=O)cc1-2. The number of nitrogens with one attached hydrogen (secondary N) is 2. The van der Waals surface area contributed by atoms with Gasteiger partial charge in [-0.3, -0.25) is 19.2 Å². The van der Waals surface area contributed by atoms with Gasteiger partial charge in [0.2, 0.25) is 11.2 Å². The summed E-state index contributed by atoms with van der Waals surface area (Å²) in [6.07, 6.45) is 7.85. The summed E-state index contributed by atoms with van der Waals surface area (Å²) in [5, 5.41) is 25.9. The van der Waals surface area contributed by atoms with Crippen molar-refractivity contribution in [3.05, 3.63) is 80.9 Å². The molecule has 2 aromatic carbocycles. The second kappa shape index (κ2) is 13.6. The number of benzene rings is 2. The first-order valence-corrected chi connectivity index (χ1v) is 21.3. The van der Waals surface area contributed by atoms with Crippen LogP contribution in [0.4, 0.5) is 8.78 Å². The minimum absolute atomic E-state index is 0.0918. The Kier molecular flexibility index (Phi) is 8.44. The third kappa shape index (κ3) is 5.98. The summed E-state index contributed by atoms with van der Waals surface area (Å²) in [5.41, 5.74) is 13.5. The van der Waals surface area contributed by atoms with E-state index < -0.39 is 46.5 Å². The van der Waals surface area contributed by atoms with Crippen LogP contribution in [0.3, 0.4) is 0 Å². The molecule has 14 rings (SSSR count). The number of hydrogen-bond acceptors (Lipinski definition) is 8. The summed E-state index contributed by atoms with van der Waals surface area (Å²) >= 11 is 0. The highest BCUT2D eigenvalue weighted by Crippen LogP contribution is 2.57. The lowest BCUT2D eigenvalue weighted by atomic mass is 9.75. The van der Waals surface area contributed by atoms with E-state index in [1.807, 2.05) is 0 Å². The first kappa shape index (κ1) is 38.6. The van der Waals surface area contributed by atoms with Crippen molar-refractivity contribution in [2.45, 2.75) is 111 Å². The molecule has 8 N–H and O–H groups in total. The van der Waals surface area contributed by atoms with Gasteiger partial charge >= 0.3 is 0 Å². The quantitative estimate of drug-likeness (QED) is 0.167. The van der Waals surface area contributed by atoms with Crippen molar-refractivity contribution < 1.29 is 38.2 Å². The number of imidazole rings is 2. The number of nitrogens with zero attached hydrogens (tertiary/aromatic N) is 4. The molecule has 316 valence electrons. The topological polar surface area (TPSA) is 220 Å². The minimum atomic E-state index is -1.81. The number of nitrogens with two attached hydrogens (primary N) is 2. The Balaban J connectivity index is 0.000000139. The maximum Gasteiger partial charge on any atom is 0.269 e. The highest BCUT2D eigenvalue weighted by molar-refractivity contribution is 5.95. The van der Waals surface area contributed by atoms with Crippen molar-refractivity contribution in [1.29, 1.82) is 0 Å². The highest BCUT2D eigenvalue weighted by atomic mass is 19.1. The molecule has 4 aromatic rings. The summed E-state index contributed by atoms with van der Waals surface area (Å²) in [5.74, 6) is 9.55. The number of halogens is 2. The summed E-state index contributed by atoms with van der Waals surface area (Å²) in [6, 6.07) is 6.70. The van der Waals surface area contributed by atoms with Gasteiger partial charge in [0.1, 0.15) is 34.7 Å². The first-order valence-electron chi connectivity index (χ1n) is 21.3. The number of aliphatic hydroxyl groups is 2. The largest absolute Gasteiger partial charge is 0.369 e. The van der Waals surface area contributed by atoms with E-state index in [1.165, 1.54) is 12.1 Å². The zero-order valence-electron chi connectivity index (χ0n) is 33.5. The summed E-state index contributed by atoms with van der Waals surface area (Å²) in [6.45, 7) is 0.661. The number of primary amides is 2. The molecule has 62 heavy (non-hydrogen) atoms. The lowest BCUT2D eigenvalue weighted by Gasteiger charge is -2.35. The van der Waals surface area contributed by atoms with Gasteiger partial charge in [0.25, 0.3) is 23.6 Å². The predicted molar refractivity (Wildman–Crippen MR) is 217 cm³/mol. The van der Waals surface area contributed by atoms with E-state index in [2.05, 4.69) is 53.4 Å². The fourth-order valence-electron chi connectivity index (χ4n) is 10.2. The number of aromatic nitrogens is 4. The number of carbonyl (C=O) groups excluding carboxylic acids is 4. The molecule has 2 saturated heterocycles. The standard InChI is InChI=1S/2C23H21FN4O3/c2*24-17-10-15-13-7-14(8-13)28-19(11-1-2-11)18(20(25)29)27-21(28)16(15)9-12(17)3-4-23(31)5-6-26-22(23)30/h2*9-11,13-14,31H,1-2,5-8H2,(H2,25,29)(H,26,30)/t2*13?,14?,23-/m10/s1. The fraction of sp³-hybridized carbons (Fsp3) is 0.435. The van der Waals surface area contributed by atoms with E-state index in [-0.39, 0.29) is 47.9 Å². The Morgan fingerprint density at radius 3 is 1.37 bits per heavy atom. The summed E-state index contributed by atoms with van der Waals surface area (Å²) < 4.78 is 34.2. The number of hydrogen-bond donors (Lipinski definition) is 6. The third-order valence-corrected chi connectivity index (χ3v) is 14.0. The van der Waals surface area contributed by atoms with Crippen LogP contribution >= 0.6 is 0 Å². The van der Waals surface area contributed by atoms with Crippen LogP contribution in [0, 0.1) is 35.3 Å². The molecule has 10 aliphatic rings. The van der Waals surface area contributed by atoms with E-state index in [0.29, 0.717) is 48.0 Å². The molecule has 6 aliphatic heterocycles. The number of rotatable bonds is 4. The van der Waals surface area contributed by atoms with Crippen molar-refractivity contribution >= 4 is 23.6 Å². The molecule has 2 aromatic heterocycles. The van der Waals surface area contributed by atoms with E-state index >= 15 is 0 Å². The van der Waals surface area contributed by atoms with Crippen LogP contribution in [0.5, 0.6) is 0 Å². The Morgan fingerprint density at radius 1 is 0.661 bits per heavy atom. The first-order chi connectivity index (χ1) is 29.7. The molecular formula is C46H42F2N8O6. The Hall–Kier alpha value is -6.36. The maximum absolute atomic E-state index is 14.9. The van der Waals surface area contributed by atoms with Gasteiger partial charge in [0.05, 0.1) is 22.5 Å². The average Bonchev–Trinajstić information content (AvgIpc) is 4.12. The molecule has 14 nitrogen and oxygen atoms in total. The lowest BCUT2D eigenvalue weighted by molar-refractivity contribution is -0.130. The van der Waals surface area contributed by atoms with Crippen LogP contribution in [0.2, 0.25) is 0 Å². The Morgan fingerprint density at radius 2 is 1.05 bits per heavy atom. The molecular weight excluding hydrogens is 799 g/mol. The van der Waals surface area contributed by atoms with Gasteiger partial charge in [-0.2, -0.15) is 0 Å². The van der Waals surface area contributed by atoms with Crippen LogP contribution in [0.15, 0.2) is 24.3 Å². The van der Waals surface area contributed by atoms with Gasteiger partial charge in [-0.15, -0.1) is 0 Å². The van der Waals surface area contributed by atoms with Gasteiger partial charge in [0, 0.05) is 61.0 Å². The Bertz CT molecular complexity index is 2650. The van der Waals surface area contributed by atoms with Gasteiger partial charge in [-0.25, -0.2) is 18.7 Å². The van der Waals surface area contributed by atoms with E-state index in [9.17, 15) is 38.2 Å². The van der Waals surface area contributed by atoms with Gasteiger partial charge in [0.15, 0.2) is 0 Å². The van der Waals surface area contributed by atoms with Crippen molar-refractivity contribution in [1.82, 2.24) is 29.7 Å². The average molecular weight is 841 g/mol. The molecule has 4 saturated carbocycles. The Labute approximate surface area is 353 Å². The molecule has 4 bridgehead atoms. The normalized spacial score (nSPS) is 27.9. The van der Waals surface area contributed by atoms with Crippen LogP contribution in [-0.4, -0.2) is 77.2 Å². The monoisotopic (exact) mass is 840 g/mol. The van der Waals surface area contributed by atoms with Crippen molar-refractivity contribution in [3.8, 4) is 46.5 Å². The molecule has 16 heteroatoms. The number of amides is 4. The summed E-state index contributed by atoms with van der Waals surface area (Å²) in [4.78, 5) is 57.2. The van der Waals surface area contributed by atoms with Crippen molar-refractivity contribution in [2.24, 2.45) is 11.5 Å². The number of carbonyl (C=O) groups is 4. The van der Waals surface area contributed by atoms with Crippen LogP contribution in [0.1, 0.15) is 155 Å². The van der Waals surface area contributed by atoms with Crippen LogP contribution in [0.25, 0.3) is 22.8 Å². The van der Waals surface area contributed by atoms with Gasteiger partial charge in [-0.05, 0) is 98.6 Å². The molecule has 0 unspecified atom stereocenters. The lowest BCUT2D eigenvalue weighted by Crippen LogP contribution is -2.36. The zero-order valence-corrected chi connectivity index (χ0v) is 33.5. The van der Waals surface area contributed by atoms with E-state index in [4.69, 9.17) is 11.5 Å². The van der Waals surface area contributed by atoms with Crippen LogP contribution in [-0.2, 0) is 9.59 Å². The zero-order chi connectivity index (χ0) is 43.0. The molecule has 6 fully saturated rings. The fourth-order valence-corrected chi connectivity index (χ4v) is 10.2. The minimum Gasteiger partial charge on any atom is -0.369 e. The van der Waals surface area contributed by atoms with Crippen LogP contribution < -0.4 is 22.1 Å². The molecule has 4 aliphatic carbocycles. The van der Waals surface area contributed by atoms with E-state index in [0.717, 1.165) is 85.0 Å². The smallest absolute Gasteiger partial charge is 0.269 e. The second-order valence-corrected chi connectivity index (χ2v) is 18.1. The second-order valence-electron chi connectivity index (χ2n) is 18.1. The van der Waals surface area contributed by atoms with Gasteiger partial charge in [-0.1, -0.05) is 23.7 Å². The molecule has 2 atom stereocenters. The summed E-state index contributed by atoms with van der Waals surface area (Å²) in [7, 11) is 0. The molecule has 0 spiro atoms. The maximum atomic E-state index is 14.9. The molecule has 0 radical (unpaired) electrons. The highest BCUT2D eigenvalue weighted by Gasteiger charge is 2.47. The predicted octanol–water partition coefficient (Wildman–Crippen LogP) is 3.40. The van der Waals surface area contributed by atoms with Crippen molar-refractivity contribution in [2.75, 3.05) is 13.1 Å². The third-order valence-electron chi connectivity index (χ3n) is 14.0. The van der Waals surface area contributed by atoms with Crippen molar-refractivity contribution in [3.63, 3.8) is 0 Å². The van der Waals surface area contributed by atoms with E-state index in [1.54, 1.807) is 12.1 Å². The van der Waals surface area contributed by atoms with Gasteiger partial charge < -0.3 is 41.4 Å².